The summed E-state index contributed by atoms with van der Waals surface area (Å²) in [6, 6.07) is 15.0. The lowest BCUT2D eigenvalue weighted by Crippen LogP contribution is -2.26. The number of rotatable bonds is 4. The molecule has 21 heavy (non-hydrogen) atoms. The van der Waals surface area contributed by atoms with Crippen molar-refractivity contribution < 1.29 is 4.79 Å². The van der Waals surface area contributed by atoms with Gasteiger partial charge >= 0.3 is 0 Å². The van der Waals surface area contributed by atoms with Crippen molar-refractivity contribution in [1.29, 1.82) is 0 Å². The summed E-state index contributed by atoms with van der Waals surface area (Å²) < 4.78 is 0. The lowest BCUT2D eigenvalue weighted by atomic mass is 10.1. The van der Waals surface area contributed by atoms with E-state index in [-0.39, 0.29) is 11.2 Å². The molecule has 0 aromatic heterocycles. The Balaban J connectivity index is 2.40. The van der Waals surface area contributed by atoms with Crippen LogP contribution in [0.5, 0.6) is 0 Å². The van der Waals surface area contributed by atoms with Gasteiger partial charge in [-0.15, -0.1) is 11.8 Å². The molecule has 2 aromatic rings. The predicted molar refractivity (Wildman–Crippen MR) is 90.2 cm³/mol. The molecule has 0 saturated heterocycles. The van der Waals surface area contributed by atoms with Gasteiger partial charge in [-0.2, -0.15) is 0 Å². The van der Waals surface area contributed by atoms with Crippen molar-refractivity contribution in [3.63, 3.8) is 0 Å². The molecule has 1 amide bonds. The van der Waals surface area contributed by atoms with Crippen LogP contribution in [0.2, 0.25) is 10.0 Å². The summed E-state index contributed by atoms with van der Waals surface area (Å²) in [5.74, 6) is 0.00202. The number of hydrogen-bond donors (Lipinski definition) is 0. The minimum absolute atomic E-state index is 0.00202. The van der Waals surface area contributed by atoms with E-state index < -0.39 is 0 Å². The van der Waals surface area contributed by atoms with E-state index in [1.165, 1.54) is 11.8 Å². The van der Waals surface area contributed by atoms with Gasteiger partial charge in [-0.3, -0.25) is 4.79 Å². The number of thioether (sulfide) groups is 1. The molecule has 0 aliphatic heterocycles. The highest BCUT2D eigenvalue weighted by atomic mass is 35.5. The lowest BCUT2D eigenvalue weighted by Gasteiger charge is -2.21. The average molecular weight is 340 g/mol. The molecule has 2 rings (SSSR count). The zero-order valence-electron chi connectivity index (χ0n) is 11.7. The third kappa shape index (κ3) is 3.94. The summed E-state index contributed by atoms with van der Waals surface area (Å²) in [5, 5.41) is 0.735. The Morgan fingerprint density at radius 3 is 2.10 bits per heavy atom. The fraction of sp³-hybridized carbons (Fsp3) is 0.188. The van der Waals surface area contributed by atoms with Crippen LogP contribution >= 0.6 is 35.0 Å². The van der Waals surface area contributed by atoms with E-state index in [0.29, 0.717) is 10.0 Å². The van der Waals surface area contributed by atoms with Gasteiger partial charge in [-0.25, -0.2) is 0 Å². The number of halogens is 2. The van der Waals surface area contributed by atoms with Gasteiger partial charge in [0.15, 0.2) is 0 Å². The molecule has 0 aliphatic rings. The number of nitrogens with zero attached hydrogens (tertiary/aromatic N) is 1. The molecule has 0 radical (unpaired) electrons. The third-order valence-corrected chi connectivity index (χ3v) is 5.16. The number of benzene rings is 2. The molecule has 2 nitrogen and oxygen atoms in total. The van der Waals surface area contributed by atoms with E-state index in [9.17, 15) is 4.79 Å². The summed E-state index contributed by atoms with van der Waals surface area (Å²) in [6.07, 6.45) is 0. The molecule has 0 spiro atoms. The molecule has 0 aliphatic carbocycles. The number of likely N-dealkylation sites (N-methyl/N-ethyl adjacent to an activating group) is 1. The van der Waals surface area contributed by atoms with Crippen LogP contribution in [0.3, 0.4) is 0 Å². The van der Waals surface area contributed by atoms with E-state index in [0.717, 1.165) is 10.5 Å². The summed E-state index contributed by atoms with van der Waals surface area (Å²) in [4.78, 5) is 14.8. The maximum absolute atomic E-state index is 12.5. The summed E-state index contributed by atoms with van der Waals surface area (Å²) >= 11 is 13.8. The maximum atomic E-state index is 12.5. The molecule has 0 saturated carbocycles. The predicted octanol–water partition coefficient (Wildman–Crippen LogP) is 4.92. The van der Waals surface area contributed by atoms with Gasteiger partial charge in [0, 0.05) is 19.0 Å². The van der Waals surface area contributed by atoms with Crippen molar-refractivity contribution in [2.24, 2.45) is 0 Å². The molecule has 0 fully saturated rings. The molecule has 1 unspecified atom stereocenters. The van der Waals surface area contributed by atoms with Gasteiger partial charge in [0.25, 0.3) is 0 Å². The molecule has 2 aromatic carbocycles. The second-order valence-corrected chi connectivity index (χ2v) is 6.62. The van der Waals surface area contributed by atoms with E-state index in [2.05, 4.69) is 0 Å². The summed E-state index contributed by atoms with van der Waals surface area (Å²) in [5.41, 5.74) is 0.928. The Bertz CT molecular complexity index is 611. The zero-order valence-corrected chi connectivity index (χ0v) is 14.0. The smallest absolute Gasteiger partial charge is 0.240 e. The van der Waals surface area contributed by atoms with Crippen molar-refractivity contribution in [3.05, 3.63) is 64.1 Å². The third-order valence-electron chi connectivity index (χ3n) is 2.92. The molecular formula is C16H15Cl2NOS. The number of carbonyl (C=O) groups excluding carboxylic acids is 1. The fourth-order valence-corrected chi connectivity index (χ4v) is 3.70. The fourth-order valence-electron chi connectivity index (χ4n) is 1.84. The molecule has 0 N–H and O–H groups in total. The standard InChI is InChI=1S/C16H15Cl2NOS/c1-19(2)16(20)14(11-7-4-3-5-8-11)21-15-12(17)9-6-10-13(15)18/h3-10,14H,1-2H3. The molecule has 1 atom stereocenters. The van der Waals surface area contributed by atoms with E-state index in [1.54, 1.807) is 37.2 Å². The Morgan fingerprint density at radius 2 is 1.57 bits per heavy atom. The minimum Gasteiger partial charge on any atom is -0.348 e. The van der Waals surface area contributed by atoms with Crippen molar-refractivity contribution >= 4 is 40.9 Å². The Kier molecular flexibility index (Phi) is 5.57. The number of amides is 1. The van der Waals surface area contributed by atoms with Crippen molar-refractivity contribution in [1.82, 2.24) is 4.90 Å². The van der Waals surface area contributed by atoms with Crippen LogP contribution in [-0.2, 0) is 4.79 Å². The Morgan fingerprint density at radius 1 is 1.00 bits per heavy atom. The second kappa shape index (κ2) is 7.21. The van der Waals surface area contributed by atoms with E-state index in [4.69, 9.17) is 23.2 Å². The first-order chi connectivity index (χ1) is 10.0. The lowest BCUT2D eigenvalue weighted by molar-refractivity contribution is -0.128. The number of carbonyl (C=O) groups is 1. The highest BCUT2D eigenvalue weighted by molar-refractivity contribution is 8.00. The largest absolute Gasteiger partial charge is 0.348 e. The highest BCUT2D eigenvalue weighted by Crippen LogP contribution is 2.43. The summed E-state index contributed by atoms with van der Waals surface area (Å²) in [6.45, 7) is 0. The van der Waals surface area contributed by atoms with Crippen molar-refractivity contribution in [2.75, 3.05) is 14.1 Å². The van der Waals surface area contributed by atoms with Gasteiger partial charge in [0.2, 0.25) is 5.91 Å². The van der Waals surface area contributed by atoms with Gasteiger partial charge in [0.1, 0.15) is 5.25 Å². The van der Waals surface area contributed by atoms with Crippen LogP contribution in [0, 0.1) is 0 Å². The van der Waals surface area contributed by atoms with Gasteiger partial charge < -0.3 is 4.90 Å². The zero-order chi connectivity index (χ0) is 15.4. The van der Waals surface area contributed by atoms with E-state index in [1.807, 2.05) is 30.3 Å². The highest BCUT2D eigenvalue weighted by Gasteiger charge is 2.25. The second-order valence-electron chi connectivity index (χ2n) is 4.69. The first-order valence-corrected chi connectivity index (χ1v) is 8.01. The Labute approximate surface area is 139 Å². The van der Waals surface area contributed by atoms with Crippen LogP contribution in [0.25, 0.3) is 0 Å². The minimum atomic E-state index is -0.376. The SMILES string of the molecule is CN(C)C(=O)C(Sc1c(Cl)cccc1Cl)c1ccccc1. The topological polar surface area (TPSA) is 20.3 Å². The Hall–Kier alpha value is -1.16. The maximum Gasteiger partial charge on any atom is 0.240 e. The van der Waals surface area contributed by atoms with Crippen LogP contribution in [0.1, 0.15) is 10.8 Å². The first-order valence-electron chi connectivity index (χ1n) is 6.37. The van der Waals surface area contributed by atoms with Crippen molar-refractivity contribution in [2.45, 2.75) is 10.1 Å². The van der Waals surface area contributed by atoms with Crippen LogP contribution in [-0.4, -0.2) is 24.9 Å². The van der Waals surface area contributed by atoms with Gasteiger partial charge in [-0.05, 0) is 17.7 Å². The monoisotopic (exact) mass is 339 g/mol. The molecule has 110 valence electrons. The molecule has 5 heteroatoms. The van der Waals surface area contributed by atoms with Crippen LogP contribution in [0.15, 0.2) is 53.4 Å². The molecule has 0 bridgehead atoms. The van der Waals surface area contributed by atoms with Gasteiger partial charge in [-0.1, -0.05) is 59.6 Å². The quantitative estimate of drug-likeness (QED) is 0.737. The normalized spacial score (nSPS) is 12.0. The van der Waals surface area contributed by atoms with Gasteiger partial charge in [0.05, 0.1) is 10.0 Å². The first kappa shape index (κ1) is 16.2. The van der Waals surface area contributed by atoms with Crippen molar-refractivity contribution in [3.8, 4) is 0 Å². The van der Waals surface area contributed by atoms with E-state index >= 15 is 0 Å². The average Bonchev–Trinajstić information content (AvgIpc) is 2.47. The van der Waals surface area contributed by atoms with Crippen LogP contribution < -0.4 is 0 Å². The molecular weight excluding hydrogens is 325 g/mol. The summed E-state index contributed by atoms with van der Waals surface area (Å²) in [7, 11) is 3.49. The molecule has 0 heterocycles. The van der Waals surface area contributed by atoms with Crippen LogP contribution in [0.4, 0.5) is 0 Å². The number of hydrogen-bond acceptors (Lipinski definition) is 2.